The standard InChI is InChI=1S/C15H22ClN3O2/c1-18(14-5-3-2-4-11(14)9-17)10-12-6-7-13(16)8-15(12)19(20)21/h6-8,11,14H,2-5,9-10,17H2,1H3. The molecule has 1 fully saturated rings. The molecule has 2 unspecified atom stereocenters. The monoisotopic (exact) mass is 311 g/mol. The Labute approximate surface area is 130 Å². The third-order valence-corrected chi connectivity index (χ3v) is 4.64. The van der Waals surface area contributed by atoms with E-state index in [0.29, 0.717) is 35.6 Å². The third-order valence-electron chi connectivity index (χ3n) is 4.40. The van der Waals surface area contributed by atoms with Gasteiger partial charge in [0, 0.05) is 29.2 Å². The van der Waals surface area contributed by atoms with Gasteiger partial charge in [0.25, 0.3) is 5.69 Å². The molecule has 1 aromatic rings. The smallest absolute Gasteiger partial charge is 0.275 e. The van der Waals surface area contributed by atoms with Crippen LogP contribution in [0.5, 0.6) is 0 Å². The lowest BCUT2D eigenvalue weighted by Gasteiger charge is -2.37. The molecule has 5 nitrogen and oxygen atoms in total. The first kappa shape index (κ1) is 16.2. The van der Waals surface area contributed by atoms with Crippen molar-refractivity contribution in [2.45, 2.75) is 38.3 Å². The maximum absolute atomic E-state index is 11.2. The van der Waals surface area contributed by atoms with E-state index in [4.69, 9.17) is 17.3 Å². The first-order valence-electron chi connectivity index (χ1n) is 7.36. The van der Waals surface area contributed by atoms with Crippen LogP contribution in [0.1, 0.15) is 31.2 Å². The van der Waals surface area contributed by atoms with Crippen LogP contribution >= 0.6 is 11.6 Å². The number of halogens is 1. The highest BCUT2D eigenvalue weighted by Gasteiger charge is 2.28. The number of nitrogens with two attached hydrogens (primary N) is 1. The summed E-state index contributed by atoms with van der Waals surface area (Å²) in [4.78, 5) is 13.0. The number of hydrogen-bond donors (Lipinski definition) is 1. The van der Waals surface area contributed by atoms with Crippen LogP contribution in [0, 0.1) is 16.0 Å². The Balaban J connectivity index is 2.15. The van der Waals surface area contributed by atoms with Gasteiger partial charge in [0.2, 0.25) is 0 Å². The minimum absolute atomic E-state index is 0.0921. The van der Waals surface area contributed by atoms with E-state index in [2.05, 4.69) is 4.90 Å². The summed E-state index contributed by atoms with van der Waals surface area (Å²) in [5.74, 6) is 0.482. The third kappa shape index (κ3) is 3.93. The van der Waals surface area contributed by atoms with E-state index < -0.39 is 0 Å². The number of benzene rings is 1. The Morgan fingerprint density at radius 1 is 1.43 bits per heavy atom. The summed E-state index contributed by atoms with van der Waals surface area (Å²) in [5, 5.41) is 11.6. The summed E-state index contributed by atoms with van der Waals surface area (Å²) in [6.45, 7) is 1.23. The maximum atomic E-state index is 11.2. The van der Waals surface area contributed by atoms with E-state index in [1.54, 1.807) is 12.1 Å². The fourth-order valence-electron chi connectivity index (χ4n) is 3.27. The minimum atomic E-state index is -0.365. The van der Waals surface area contributed by atoms with Gasteiger partial charge in [0.05, 0.1) is 4.92 Å². The Kier molecular flexibility index (Phi) is 5.56. The van der Waals surface area contributed by atoms with Crippen LogP contribution in [-0.2, 0) is 6.54 Å². The van der Waals surface area contributed by atoms with Gasteiger partial charge in [0.15, 0.2) is 0 Å². The molecular formula is C15H22ClN3O2. The van der Waals surface area contributed by atoms with Crippen LogP contribution in [0.15, 0.2) is 18.2 Å². The van der Waals surface area contributed by atoms with E-state index >= 15 is 0 Å². The Morgan fingerprint density at radius 3 is 2.81 bits per heavy atom. The van der Waals surface area contributed by atoms with Crippen LogP contribution < -0.4 is 5.73 Å². The molecule has 2 rings (SSSR count). The molecule has 116 valence electrons. The molecule has 1 aromatic carbocycles. The van der Waals surface area contributed by atoms with Crippen LogP contribution in [-0.4, -0.2) is 29.5 Å². The van der Waals surface area contributed by atoms with Gasteiger partial charge in [-0.05, 0) is 44.5 Å². The van der Waals surface area contributed by atoms with E-state index in [-0.39, 0.29) is 10.6 Å². The highest BCUT2D eigenvalue weighted by atomic mass is 35.5. The largest absolute Gasteiger partial charge is 0.330 e. The zero-order chi connectivity index (χ0) is 15.4. The molecule has 0 aliphatic heterocycles. The van der Waals surface area contributed by atoms with Crippen LogP contribution in [0.4, 0.5) is 5.69 Å². The molecule has 1 aliphatic carbocycles. The van der Waals surface area contributed by atoms with Gasteiger partial charge in [0.1, 0.15) is 0 Å². The van der Waals surface area contributed by atoms with Gasteiger partial charge in [-0.15, -0.1) is 0 Å². The van der Waals surface area contributed by atoms with Crippen molar-refractivity contribution in [2.75, 3.05) is 13.6 Å². The predicted molar refractivity (Wildman–Crippen MR) is 84.4 cm³/mol. The predicted octanol–water partition coefficient (Wildman–Crippen LogP) is 3.20. The Morgan fingerprint density at radius 2 is 2.14 bits per heavy atom. The molecule has 6 heteroatoms. The van der Waals surface area contributed by atoms with Gasteiger partial charge in [-0.25, -0.2) is 0 Å². The van der Waals surface area contributed by atoms with Crippen LogP contribution in [0.2, 0.25) is 5.02 Å². The van der Waals surface area contributed by atoms with Crippen molar-refractivity contribution in [1.82, 2.24) is 4.90 Å². The van der Waals surface area contributed by atoms with E-state index in [1.807, 2.05) is 7.05 Å². The van der Waals surface area contributed by atoms with Gasteiger partial charge in [-0.1, -0.05) is 24.4 Å². The lowest BCUT2D eigenvalue weighted by molar-refractivity contribution is -0.385. The Bertz CT molecular complexity index is 510. The van der Waals surface area contributed by atoms with E-state index in [0.717, 1.165) is 12.8 Å². The molecule has 0 radical (unpaired) electrons. The number of hydrogen-bond acceptors (Lipinski definition) is 4. The molecule has 2 atom stereocenters. The summed E-state index contributed by atoms with van der Waals surface area (Å²) in [6.07, 6.45) is 4.69. The van der Waals surface area contributed by atoms with Crippen molar-refractivity contribution in [3.63, 3.8) is 0 Å². The molecular weight excluding hydrogens is 290 g/mol. The highest BCUT2D eigenvalue weighted by molar-refractivity contribution is 6.30. The number of rotatable bonds is 5. The fourth-order valence-corrected chi connectivity index (χ4v) is 3.44. The normalized spacial score (nSPS) is 22.5. The van der Waals surface area contributed by atoms with E-state index in [9.17, 15) is 10.1 Å². The van der Waals surface area contributed by atoms with Gasteiger partial charge in [-0.2, -0.15) is 0 Å². The van der Waals surface area contributed by atoms with Crippen molar-refractivity contribution in [3.8, 4) is 0 Å². The summed E-state index contributed by atoms with van der Waals surface area (Å²) < 4.78 is 0. The summed E-state index contributed by atoms with van der Waals surface area (Å²) in [6, 6.07) is 5.28. The molecule has 1 saturated carbocycles. The Hall–Kier alpha value is -1.17. The first-order valence-corrected chi connectivity index (χ1v) is 7.74. The maximum Gasteiger partial charge on any atom is 0.275 e. The van der Waals surface area contributed by atoms with Crippen LogP contribution in [0.3, 0.4) is 0 Å². The van der Waals surface area contributed by atoms with Crippen molar-refractivity contribution in [1.29, 1.82) is 0 Å². The second-order valence-corrected chi connectivity index (χ2v) is 6.23. The molecule has 0 spiro atoms. The van der Waals surface area contributed by atoms with Crippen molar-refractivity contribution in [2.24, 2.45) is 11.7 Å². The molecule has 21 heavy (non-hydrogen) atoms. The zero-order valence-corrected chi connectivity index (χ0v) is 13.1. The summed E-state index contributed by atoms with van der Waals surface area (Å²) >= 11 is 5.86. The summed E-state index contributed by atoms with van der Waals surface area (Å²) in [7, 11) is 2.02. The van der Waals surface area contributed by atoms with Crippen molar-refractivity contribution in [3.05, 3.63) is 38.9 Å². The zero-order valence-electron chi connectivity index (χ0n) is 12.3. The average molecular weight is 312 g/mol. The molecule has 0 saturated heterocycles. The van der Waals surface area contributed by atoms with Gasteiger partial charge < -0.3 is 5.73 Å². The molecule has 0 amide bonds. The van der Waals surface area contributed by atoms with Crippen molar-refractivity contribution >= 4 is 17.3 Å². The van der Waals surface area contributed by atoms with Crippen LogP contribution in [0.25, 0.3) is 0 Å². The molecule has 2 N–H and O–H groups in total. The second-order valence-electron chi connectivity index (χ2n) is 5.79. The van der Waals surface area contributed by atoms with Gasteiger partial charge >= 0.3 is 0 Å². The fraction of sp³-hybridized carbons (Fsp3) is 0.600. The lowest BCUT2D eigenvalue weighted by Crippen LogP contribution is -2.42. The van der Waals surface area contributed by atoms with E-state index in [1.165, 1.54) is 18.9 Å². The number of nitro benzene ring substituents is 1. The quantitative estimate of drug-likeness (QED) is 0.669. The van der Waals surface area contributed by atoms with Crippen molar-refractivity contribution < 1.29 is 4.92 Å². The topological polar surface area (TPSA) is 72.4 Å². The first-order chi connectivity index (χ1) is 10.0. The molecule has 0 heterocycles. The number of nitrogens with zero attached hydrogens (tertiary/aromatic N) is 2. The molecule has 0 bridgehead atoms. The average Bonchev–Trinajstić information content (AvgIpc) is 2.48. The highest BCUT2D eigenvalue weighted by Crippen LogP contribution is 2.30. The minimum Gasteiger partial charge on any atom is -0.330 e. The van der Waals surface area contributed by atoms with Gasteiger partial charge in [-0.3, -0.25) is 15.0 Å². The molecule has 1 aliphatic rings. The summed E-state index contributed by atoms with van der Waals surface area (Å²) in [5.41, 5.74) is 6.66. The lowest BCUT2D eigenvalue weighted by atomic mass is 9.83. The second kappa shape index (κ2) is 7.20. The SMILES string of the molecule is CN(Cc1ccc(Cl)cc1[N+](=O)[O-])C1CCCCC1CN. The molecule has 0 aromatic heterocycles. The number of nitro groups is 1.